The molecule has 0 heterocycles. The van der Waals surface area contributed by atoms with Crippen molar-refractivity contribution in [2.24, 2.45) is 11.5 Å². The Bertz CT molecular complexity index is 726. The summed E-state index contributed by atoms with van der Waals surface area (Å²) < 4.78 is 0. The van der Waals surface area contributed by atoms with E-state index in [1.54, 1.807) is 0 Å². The highest BCUT2D eigenvalue weighted by Gasteiger charge is 2.26. The monoisotopic (exact) mass is 447 g/mol. The standard InChI is InChI=1S/C16H25N5O10/c17-7(5-13(26)27)14(28)21-8(1-3-10(18)22)15(29)19-6-11(23)20-9(16(30)31)2-4-12(24)25/h7-9H,1-6,17H2,(H2,18,22)(H,19,29)(H,20,23)(H,21,28)(H,24,25)(H,26,27)(H,30,31). The van der Waals surface area contributed by atoms with E-state index in [1.807, 2.05) is 5.32 Å². The van der Waals surface area contributed by atoms with Crippen LogP contribution in [0.2, 0.25) is 0 Å². The first-order valence-corrected chi connectivity index (χ1v) is 8.91. The van der Waals surface area contributed by atoms with E-state index < -0.39 is 79.0 Å². The van der Waals surface area contributed by atoms with Crippen molar-refractivity contribution in [3.05, 3.63) is 0 Å². The molecular weight excluding hydrogens is 422 g/mol. The first-order chi connectivity index (χ1) is 14.3. The minimum absolute atomic E-state index is 0.273. The summed E-state index contributed by atoms with van der Waals surface area (Å²) in [7, 11) is 0. The van der Waals surface area contributed by atoms with Gasteiger partial charge in [-0.25, -0.2) is 4.79 Å². The molecule has 174 valence electrons. The van der Waals surface area contributed by atoms with Gasteiger partial charge in [0.1, 0.15) is 12.1 Å². The van der Waals surface area contributed by atoms with E-state index in [-0.39, 0.29) is 19.3 Å². The Morgan fingerprint density at radius 3 is 1.84 bits per heavy atom. The number of nitrogens with two attached hydrogens (primary N) is 2. The third-order valence-electron chi connectivity index (χ3n) is 3.75. The summed E-state index contributed by atoms with van der Waals surface area (Å²) in [4.78, 5) is 79.3. The first-order valence-electron chi connectivity index (χ1n) is 8.91. The van der Waals surface area contributed by atoms with Gasteiger partial charge in [0.15, 0.2) is 0 Å². The summed E-state index contributed by atoms with van der Waals surface area (Å²) in [6, 6.07) is -4.36. The molecule has 0 aliphatic rings. The van der Waals surface area contributed by atoms with Crippen LogP contribution in [0.25, 0.3) is 0 Å². The minimum Gasteiger partial charge on any atom is -0.481 e. The van der Waals surface area contributed by atoms with Crippen LogP contribution in [-0.4, -0.2) is 81.5 Å². The van der Waals surface area contributed by atoms with Gasteiger partial charge in [-0.2, -0.15) is 0 Å². The van der Waals surface area contributed by atoms with Gasteiger partial charge in [0, 0.05) is 12.8 Å². The van der Waals surface area contributed by atoms with Crippen molar-refractivity contribution in [1.29, 1.82) is 0 Å². The van der Waals surface area contributed by atoms with E-state index in [0.717, 1.165) is 0 Å². The van der Waals surface area contributed by atoms with Crippen molar-refractivity contribution in [2.45, 2.75) is 50.2 Å². The van der Waals surface area contributed by atoms with Crippen molar-refractivity contribution in [1.82, 2.24) is 16.0 Å². The SMILES string of the molecule is NC(=O)CCC(NC(=O)C(N)CC(=O)O)C(=O)NCC(=O)NC(CCC(=O)O)C(=O)O. The molecule has 15 heteroatoms. The predicted octanol–water partition coefficient (Wildman–Crippen LogP) is -3.91. The van der Waals surface area contributed by atoms with Gasteiger partial charge in [-0.05, 0) is 12.8 Å². The number of aliphatic carboxylic acids is 3. The zero-order valence-electron chi connectivity index (χ0n) is 16.3. The largest absolute Gasteiger partial charge is 0.481 e. The zero-order valence-corrected chi connectivity index (χ0v) is 16.3. The molecule has 15 nitrogen and oxygen atoms in total. The number of hydrogen-bond donors (Lipinski definition) is 8. The lowest BCUT2D eigenvalue weighted by Gasteiger charge is -2.20. The van der Waals surface area contributed by atoms with Gasteiger partial charge in [-0.1, -0.05) is 0 Å². The third kappa shape index (κ3) is 12.4. The molecule has 0 spiro atoms. The van der Waals surface area contributed by atoms with Gasteiger partial charge in [0.25, 0.3) is 0 Å². The van der Waals surface area contributed by atoms with E-state index in [9.17, 15) is 33.6 Å². The second-order valence-electron chi connectivity index (χ2n) is 6.38. The van der Waals surface area contributed by atoms with E-state index in [4.69, 9.17) is 26.8 Å². The Labute approximate surface area is 175 Å². The molecule has 3 unspecified atom stereocenters. The quantitative estimate of drug-likeness (QED) is 0.120. The molecule has 0 aliphatic carbocycles. The fourth-order valence-electron chi connectivity index (χ4n) is 2.18. The molecule has 0 aromatic heterocycles. The number of amides is 4. The number of carboxylic acids is 3. The maximum absolute atomic E-state index is 12.3. The number of hydrogen-bond acceptors (Lipinski definition) is 8. The summed E-state index contributed by atoms with van der Waals surface area (Å²) in [6.45, 7) is -0.722. The lowest BCUT2D eigenvalue weighted by molar-refractivity contribution is -0.143. The zero-order chi connectivity index (χ0) is 24.1. The van der Waals surface area contributed by atoms with Crippen LogP contribution in [0.4, 0.5) is 0 Å². The van der Waals surface area contributed by atoms with Gasteiger partial charge >= 0.3 is 17.9 Å². The summed E-state index contributed by atoms with van der Waals surface area (Å²) in [5.41, 5.74) is 10.4. The van der Waals surface area contributed by atoms with Crippen molar-refractivity contribution >= 4 is 41.5 Å². The number of carboxylic acid groups (broad SMARTS) is 3. The number of carbonyl (C=O) groups excluding carboxylic acids is 4. The van der Waals surface area contributed by atoms with Crippen LogP contribution >= 0.6 is 0 Å². The average molecular weight is 447 g/mol. The van der Waals surface area contributed by atoms with Gasteiger partial charge in [0.2, 0.25) is 23.6 Å². The van der Waals surface area contributed by atoms with Crippen LogP contribution in [-0.2, 0) is 33.6 Å². The van der Waals surface area contributed by atoms with Gasteiger partial charge in [-0.15, -0.1) is 0 Å². The molecule has 31 heavy (non-hydrogen) atoms. The average Bonchev–Trinajstić information content (AvgIpc) is 2.64. The molecule has 0 radical (unpaired) electrons. The predicted molar refractivity (Wildman–Crippen MR) is 100 cm³/mol. The highest BCUT2D eigenvalue weighted by molar-refractivity contribution is 5.93. The van der Waals surface area contributed by atoms with E-state index in [2.05, 4.69) is 10.6 Å². The first kappa shape index (κ1) is 27.2. The summed E-state index contributed by atoms with van der Waals surface area (Å²) >= 11 is 0. The Morgan fingerprint density at radius 2 is 1.35 bits per heavy atom. The topological polar surface area (TPSA) is 268 Å². The lowest BCUT2D eigenvalue weighted by atomic mass is 10.1. The van der Waals surface area contributed by atoms with E-state index in [1.165, 1.54) is 0 Å². The minimum atomic E-state index is -1.50. The van der Waals surface area contributed by atoms with E-state index in [0.29, 0.717) is 0 Å². The number of rotatable bonds is 15. The number of primary amides is 1. The molecule has 0 fully saturated rings. The smallest absolute Gasteiger partial charge is 0.326 e. The molecule has 0 aromatic carbocycles. The highest BCUT2D eigenvalue weighted by Crippen LogP contribution is 2.01. The Kier molecular flexibility index (Phi) is 11.8. The molecular formula is C16H25N5O10. The third-order valence-corrected chi connectivity index (χ3v) is 3.75. The molecule has 0 bridgehead atoms. The molecule has 0 rings (SSSR count). The van der Waals surface area contributed by atoms with E-state index >= 15 is 0 Å². The van der Waals surface area contributed by atoms with Gasteiger partial charge < -0.3 is 42.7 Å². The Hall–Kier alpha value is -3.75. The van der Waals surface area contributed by atoms with Crippen LogP contribution in [0.15, 0.2) is 0 Å². The van der Waals surface area contributed by atoms with Crippen LogP contribution in [0.1, 0.15) is 32.1 Å². The van der Waals surface area contributed by atoms with Gasteiger partial charge in [0.05, 0.1) is 19.0 Å². The molecule has 0 aromatic rings. The van der Waals surface area contributed by atoms with Crippen LogP contribution in [0, 0.1) is 0 Å². The molecule has 10 N–H and O–H groups in total. The molecule has 4 amide bonds. The fraction of sp³-hybridized carbons (Fsp3) is 0.562. The lowest BCUT2D eigenvalue weighted by Crippen LogP contribution is -2.54. The van der Waals surface area contributed by atoms with Crippen molar-refractivity contribution in [3.63, 3.8) is 0 Å². The fourth-order valence-corrected chi connectivity index (χ4v) is 2.18. The van der Waals surface area contributed by atoms with Gasteiger partial charge in [-0.3, -0.25) is 28.8 Å². The second-order valence-corrected chi connectivity index (χ2v) is 6.38. The Balaban J connectivity index is 4.92. The molecule has 3 atom stereocenters. The maximum atomic E-state index is 12.3. The van der Waals surface area contributed by atoms with Crippen molar-refractivity contribution in [2.75, 3.05) is 6.54 Å². The summed E-state index contributed by atoms with van der Waals surface area (Å²) in [5, 5.41) is 32.6. The second kappa shape index (κ2) is 13.5. The summed E-state index contributed by atoms with van der Waals surface area (Å²) in [5.74, 6) is -7.76. The van der Waals surface area contributed by atoms with Crippen LogP contribution in [0.5, 0.6) is 0 Å². The highest BCUT2D eigenvalue weighted by atomic mass is 16.4. The van der Waals surface area contributed by atoms with Crippen molar-refractivity contribution in [3.8, 4) is 0 Å². The van der Waals surface area contributed by atoms with Crippen LogP contribution in [0.3, 0.4) is 0 Å². The molecule has 0 saturated heterocycles. The number of carbonyl (C=O) groups is 7. The number of nitrogens with one attached hydrogen (secondary N) is 3. The molecule has 0 saturated carbocycles. The maximum Gasteiger partial charge on any atom is 0.326 e. The van der Waals surface area contributed by atoms with Crippen molar-refractivity contribution < 1.29 is 48.9 Å². The molecule has 0 aliphatic heterocycles. The normalized spacial score (nSPS) is 13.2. The summed E-state index contributed by atoms with van der Waals surface area (Å²) in [6.07, 6.45) is -2.21. The Morgan fingerprint density at radius 1 is 0.774 bits per heavy atom. The van der Waals surface area contributed by atoms with Crippen LogP contribution < -0.4 is 27.4 Å².